The summed E-state index contributed by atoms with van der Waals surface area (Å²) < 4.78 is 2.46. The lowest BCUT2D eigenvalue weighted by Crippen LogP contribution is -2.26. The molecule has 0 aliphatic heterocycles. The van der Waals surface area contributed by atoms with E-state index in [1.807, 2.05) is 11.5 Å². The highest BCUT2D eigenvalue weighted by Gasteiger charge is 2.27. The summed E-state index contributed by atoms with van der Waals surface area (Å²) in [6.45, 7) is 2.08. The third-order valence-corrected chi connectivity index (χ3v) is 4.94. The molecule has 1 heterocycles. The van der Waals surface area contributed by atoms with E-state index in [0.717, 1.165) is 12.8 Å². The molecule has 2 amide bonds. The van der Waals surface area contributed by atoms with E-state index < -0.39 is 5.91 Å². The minimum atomic E-state index is -0.414. The molecule has 1 saturated carbocycles. The lowest BCUT2D eigenvalue weighted by Gasteiger charge is -2.14. The van der Waals surface area contributed by atoms with Crippen LogP contribution in [0.25, 0.3) is 0 Å². The highest BCUT2D eigenvalue weighted by Crippen LogP contribution is 2.35. The lowest BCUT2D eigenvalue weighted by atomic mass is 10.1. The van der Waals surface area contributed by atoms with E-state index >= 15 is 0 Å². The van der Waals surface area contributed by atoms with Crippen molar-refractivity contribution >= 4 is 52.9 Å². The number of carbonyl (C=O) groups excluding carboxylic acids is 2. The van der Waals surface area contributed by atoms with E-state index in [2.05, 4.69) is 20.8 Å². The van der Waals surface area contributed by atoms with Crippen LogP contribution >= 0.6 is 35.4 Å². The predicted octanol–water partition coefficient (Wildman–Crippen LogP) is 4.25. The Morgan fingerprint density at radius 1 is 1.37 bits per heavy atom. The minimum absolute atomic E-state index is 0.189. The van der Waals surface area contributed by atoms with Crippen LogP contribution in [0.1, 0.15) is 54.8 Å². The molecule has 1 fully saturated rings. The number of halogens is 2. The van der Waals surface area contributed by atoms with Crippen LogP contribution in [0.2, 0.25) is 10.0 Å². The van der Waals surface area contributed by atoms with Gasteiger partial charge in [0.05, 0.1) is 22.8 Å². The molecule has 10 heteroatoms. The van der Waals surface area contributed by atoms with Crippen LogP contribution in [0.3, 0.4) is 0 Å². The molecule has 2 aromatic rings. The number of rotatable bonds is 7. The van der Waals surface area contributed by atoms with Gasteiger partial charge in [0.25, 0.3) is 5.91 Å². The van der Waals surface area contributed by atoms with Gasteiger partial charge in [-0.15, -0.1) is 0 Å². The molecule has 1 aromatic carbocycles. The van der Waals surface area contributed by atoms with E-state index in [4.69, 9.17) is 35.4 Å². The van der Waals surface area contributed by atoms with Gasteiger partial charge in [-0.1, -0.05) is 30.1 Å². The van der Waals surface area contributed by atoms with Gasteiger partial charge in [-0.3, -0.25) is 19.3 Å². The number of nitrogens with zero attached hydrogens (tertiary/aromatic N) is 2. The molecule has 0 atom stereocenters. The molecule has 0 bridgehead atoms. The number of hydrogen-bond acceptors (Lipinski definition) is 4. The molecule has 1 aromatic heterocycles. The Balaban J connectivity index is 1.79. The molecule has 1 aliphatic rings. The Labute approximate surface area is 171 Å². The number of aromatic amines is 1. The maximum atomic E-state index is 12.7. The molecule has 0 saturated heterocycles. The quantitative estimate of drug-likeness (QED) is 0.575. The number of hydrogen-bond donors (Lipinski definition) is 3. The van der Waals surface area contributed by atoms with Crippen LogP contribution in [0.4, 0.5) is 5.69 Å². The monoisotopic (exact) mass is 427 g/mol. The molecule has 7 nitrogen and oxygen atoms in total. The number of benzene rings is 1. The molecule has 144 valence electrons. The molecular formula is C17H19Cl2N5O2S. The van der Waals surface area contributed by atoms with Crippen LogP contribution in [0, 0.1) is 4.77 Å². The van der Waals surface area contributed by atoms with Gasteiger partial charge < -0.3 is 10.6 Å². The normalized spacial score (nSPS) is 13.4. The first-order valence-corrected chi connectivity index (χ1v) is 9.80. The average Bonchev–Trinajstić information content (AvgIpc) is 3.38. The van der Waals surface area contributed by atoms with Gasteiger partial charge in [-0.25, -0.2) is 0 Å². The second kappa shape index (κ2) is 8.41. The minimum Gasteiger partial charge on any atom is -0.345 e. The summed E-state index contributed by atoms with van der Waals surface area (Å²) >= 11 is 17.5. The zero-order valence-electron chi connectivity index (χ0n) is 14.6. The van der Waals surface area contributed by atoms with Crippen molar-refractivity contribution in [3.8, 4) is 0 Å². The van der Waals surface area contributed by atoms with Crippen molar-refractivity contribution in [2.75, 3.05) is 5.32 Å². The van der Waals surface area contributed by atoms with Crippen molar-refractivity contribution in [2.45, 2.75) is 45.2 Å². The van der Waals surface area contributed by atoms with Gasteiger partial charge >= 0.3 is 0 Å². The van der Waals surface area contributed by atoms with Crippen molar-refractivity contribution in [3.05, 3.63) is 38.3 Å². The first kappa shape index (κ1) is 19.9. The number of amides is 2. The summed E-state index contributed by atoms with van der Waals surface area (Å²) in [4.78, 5) is 24.7. The number of H-pyrrole nitrogens is 1. The summed E-state index contributed by atoms with van der Waals surface area (Å²) in [6.07, 6.45) is 3.11. The largest absolute Gasteiger partial charge is 0.345 e. The Hall–Kier alpha value is -1.90. The number of aromatic nitrogens is 3. The summed E-state index contributed by atoms with van der Waals surface area (Å²) in [6, 6.07) is 3.30. The third kappa shape index (κ3) is 4.69. The molecule has 3 N–H and O–H groups in total. The molecule has 3 rings (SSSR count). The van der Waals surface area contributed by atoms with Crippen LogP contribution in [-0.2, 0) is 11.3 Å². The zero-order valence-corrected chi connectivity index (χ0v) is 17.0. The summed E-state index contributed by atoms with van der Waals surface area (Å²) in [5.74, 6) is 0.0217. The fourth-order valence-corrected chi connectivity index (χ4v) is 3.58. The molecule has 0 radical (unpaired) electrons. The molecular weight excluding hydrogens is 409 g/mol. The highest BCUT2D eigenvalue weighted by molar-refractivity contribution is 7.71. The van der Waals surface area contributed by atoms with Crippen molar-refractivity contribution in [1.29, 1.82) is 0 Å². The topological polar surface area (TPSA) is 91.8 Å². The number of anilines is 1. The first-order chi connectivity index (χ1) is 12.9. The predicted molar refractivity (Wildman–Crippen MR) is 107 cm³/mol. The van der Waals surface area contributed by atoms with Gasteiger partial charge in [0.2, 0.25) is 5.91 Å². The summed E-state index contributed by atoms with van der Waals surface area (Å²) in [5.41, 5.74) is 0.446. The SMILES string of the molecule is CCCC(=O)Nc1c(Cl)cc(Cl)cc1C(=O)NCc1n[nH]c(=S)n1C1CC1. The van der Waals surface area contributed by atoms with Crippen molar-refractivity contribution in [1.82, 2.24) is 20.1 Å². The Kier molecular flexibility index (Phi) is 6.18. The molecule has 0 unspecified atom stereocenters. The lowest BCUT2D eigenvalue weighted by molar-refractivity contribution is -0.116. The summed E-state index contributed by atoms with van der Waals surface area (Å²) in [5, 5.41) is 12.9. The van der Waals surface area contributed by atoms with Crippen molar-refractivity contribution < 1.29 is 9.59 Å². The van der Waals surface area contributed by atoms with Crippen molar-refractivity contribution in [2.24, 2.45) is 0 Å². The molecule has 27 heavy (non-hydrogen) atoms. The number of carbonyl (C=O) groups is 2. The Bertz CT molecular complexity index is 936. The van der Waals surface area contributed by atoms with Crippen LogP contribution in [0.5, 0.6) is 0 Å². The average molecular weight is 428 g/mol. The smallest absolute Gasteiger partial charge is 0.253 e. The van der Waals surface area contributed by atoms with Gasteiger partial charge in [-0.2, -0.15) is 5.10 Å². The fourth-order valence-electron chi connectivity index (χ4n) is 2.73. The third-order valence-electron chi connectivity index (χ3n) is 4.14. The van der Waals surface area contributed by atoms with Crippen LogP contribution < -0.4 is 10.6 Å². The zero-order chi connectivity index (χ0) is 19.6. The Morgan fingerprint density at radius 3 is 2.78 bits per heavy atom. The van der Waals surface area contributed by atoms with E-state index in [-0.39, 0.29) is 28.7 Å². The first-order valence-electron chi connectivity index (χ1n) is 8.63. The fraction of sp³-hybridized carbons (Fsp3) is 0.412. The maximum absolute atomic E-state index is 12.7. The summed E-state index contributed by atoms with van der Waals surface area (Å²) in [7, 11) is 0. The maximum Gasteiger partial charge on any atom is 0.253 e. The highest BCUT2D eigenvalue weighted by atomic mass is 35.5. The van der Waals surface area contributed by atoms with E-state index in [0.29, 0.717) is 34.5 Å². The second-order valence-corrected chi connectivity index (χ2v) is 7.57. The second-order valence-electron chi connectivity index (χ2n) is 6.34. The van der Waals surface area contributed by atoms with Gasteiger partial charge in [0.15, 0.2) is 10.6 Å². The van der Waals surface area contributed by atoms with Crippen molar-refractivity contribution in [3.63, 3.8) is 0 Å². The van der Waals surface area contributed by atoms with E-state index in [1.54, 1.807) is 0 Å². The van der Waals surface area contributed by atoms with E-state index in [9.17, 15) is 9.59 Å². The van der Waals surface area contributed by atoms with Gasteiger partial charge in [-0.05, 0) is 43.6 Å². The molecule has 0 spiro atoms. The molecule has 1 aliphatic carbocycles. The number of nitrogens with one attached hydrogen (secondary N) is 3. The van der Waals surface area contributed by atoms with Gasteiger partial charge in [0, 0.05) is 17.5 Å². The van der Waals surface area contributed by atoms with Crippen LogP contribution in [0.15, 0.2) is 12.1 Å². The van der Waals surface area contributed by atoms with Gasteiger partial charge in [0.1, 0.15) is 0 Å². The standard InChI is InChI=1S/C17H19Cl2N5O2S/c1-2-3-14(25)21-15-11(6-9(18)7-12(15)19)16(26)20-8-13-22-23-17(27)24(13)10-4-5-10/h6-7,10H,2-5,8H2,1H3,(H,20,26)(H,21,25)(H,23,27). The van der Waals surface area contributed by atoms with E-state index in [1.165, 1.54) is 12.1 Å². The van der Waals surface area contributed by atoms with Crippen LogP contribution in [-0.4, -0.2) is 26.6 Å². The Morgan fingerprint density at radius 2 is 2.11 bits per heavy atom.